The van der Waals surface area contributed by atoms with Gasteiger partial charge in [0.15, 0.2) is 0 Å². The second kappa shape index (κ2) is 5.23. The predicted octanol–water partition coefficient (Wildman–Crippen LogP) is 2.95. The molecule has 0 saturated carbocycles. The Bertz CT molecular complexity index is 846. The summed E-state index contributed by atoms with van der Waals surface area (Å²) in [5.41, 5.74) is 0. The van der Waals surface area contributed by atoms with Gasteiger partial charge >= 0.3 is 5.97 Å². The molecule has 2 aliphatic heterocycles. The molecule has 2 heterocycles. The molecule has 2 aromatic rings. The largest absolute Gasteiger partial charge is 0.462 e. The minimum Gasteiger partial charge on any atom is -0.462 e. The third kappa shape index (κ3) is 2.23. The van der Waals surface area contributed by atoms with Gasteiger partial charge in [-0.25, -0.2) is 0 Å². The number of esters is 1. The second-order valence-electron chi connectivity index (χ2n) is 6.87. The molecule has 0 amide bonds. The topological polar surface area (TPSA) is 65.0 Å². The maximum Gasteiger partial charge on any atom is 0.306 e. The average molecular weight is 338 g/mol. The molecule has 3 aliphatic rings. The van der Waals surface area contributed by atoms with Crippen molar-refractivity contribution in [3.8, 4) is 11.5 Å². The van der Waals surface area contributed by atoms with Crippen LogP contribution in [0.4, 0.5) is 0 Å². The molecule has 1 spiro atoms. The van der Waals surface area contributed by atoms with Gasteiger partial charge in [-0.2, -0.15) is 0 Å². The molecular weight excluding hydrogens is 320 g/mol. The number of cyclic esters (lactones) is 1. The van der Waals surface area contributed by atoms with Gasteiger partial charge in [0.2, 0.25) is 0 Å². The normalized spacial score (nSPS) is 29.3. The molecule has 1 fully saturated rings. The van der Waals surface area contributed by atoms with Gasteiger partial charge in [-0.3, -0.25) is 4.79 Å². The number of carbonyl (C=O) groups excluding carboxylic acids is 1. The van der Waals surface area contributed by atoms with E-state index in [0.717, 1.165) is 22.3 Å². The number of aliphatic hydroxyl groups is 1. The molecule has 2 aromatic carbocycles. The number of aliphatic hydroxyl groups excluding tert-OH is 1. The van der Waals surface area contributed by atoms with Gasteiger partial charge in [0.05, 0.1) is 17.4 Å². The Kier molecular flexibility index (Phi) is 3.09. The van der Waals surface area contributed by atoms with E-state index in [0.29, 0.717) is 19.3 Å². The highest BCUT2D eigenvalue weighted by Crippen LogP contribution is 2.48. The minimum atomic E-state index is -1.07. The summed E-state index contributed by atoms with van der Waals surface area (Å²) in [5, 5.41) is 12.1. The Balaban J connectivity index is 1.62. The van der Waals surface area contributed by atoms with Gasteiger partial charge < -0.3 is 19.3 Å². The van der Waals surface area contributed by atoms with E-state index < -0.39 is 11.9 Å². The molecule has 25 heavy (non-hydrogen) atoms. The first-order chi connectivity index (χ1) is 12.1. The summed E-state index contributed by atoms with van der Waals surface area (Å²) in [4.78, 5) is 11.6. The van der Waals surface area contributed by atoms with Crippen LogP contribution in [0.15, 0.2) is 48.6 Å². The lowest BCUT2D eigenvalue weighted by atomic mass is 9.81. The quantitative estimate of drug-likeness (QED) is 0.640. The minimum absolute atomic E-state index is 0.206. The lowest BCUT2D eigenvalue weighted by Gasteiger charge is -2.45. The van der Waals surface area contributed by atoms with Crippen molar-refractivity contribution < 1.29 is 24.1 Å². The van der Waals surface area contributed by atoms with Crippen molar-refractivity contribution in [3.63, 3.8) is 0 Å². The van der Waals surface area contributed by atoms with Crippen LogP contribution in [0.3, 0.4) is 0 Å². The zero-order chi connectivity index (χ0) is 17.0. The molecule has 5 heteroatoms. The molecule has 5 nitrogen and oxygen atoms in total. The summed E-state index contributed by atoms with van der Waals surface area (Å²) < 4.78 is 18.2. The Morgan fingerprint density at radius 1 is 1.08 bits per heavy atom. The summed E-state index contributed by atoms with van der Waals surface area (Å²) >= 11 is 0. The molecule has 3 unspecified atom stereocenters. The average Bonchev–Trinajstić information content (AvgIpc) is 3.04. The molecule has 0 radical (unpaired) electrons. The highest BCUT2D eigenvalue weighted by Gasteiger charge is 2.53. The first-order valence-corrected chi connectivity index (χ1v) is 8.61. The van der Waals surface area contributed by atoms with Crippen LogP contribution in [-0.2, 0) is 9.53 Å². The van der Waals surface area contributed by atoms with Crippen molar-refractivity contribution in [2.45, 2.75) is 37.3 Å². The van der Waals surface area contributed by atoms with Gasteiger partial charge in [-0.1, -0.05) is 30.3 Å². The van der Waals surface area contributed by atoms with Crippen molar-refractivity contribution in [2.24, 2.45) is 5.92 Å². The lowest BCUT2D eigenvalue weighted by Crippen LogP contribution is -2.55. The number of benzene rings is 2. The van der Waals surface area contributed by atoms with E-state index in [1.807, 2.05) is 36.4 Å². The third-order valence-electron chi connectivity index (χ3n) is 5.29. The maximum atomic E-state index is 11.6. The zero-order valence-electron chi connectivity index (χ0n) is 13.6. The van der Waals surface area contributed by atoms with Crippen LogP contribution in [0.1, 0.15) is 19.3 Å². The number of carbonyl (C=O) groups is 1. The predicted molar refractivity (Wildman–Crippen MR) is 90.3 cm³/mol. The molecule has 3 atom stereocenters. The maximum absolute atomic E-state index is 11.6. The molecule has 1 aliphatic carbocycles. The summed E-state index contributed by atoms with van der Waals surface area (Å²) in [6.45, 7) is 0. The third-order valence-corrected chi connectivity index (χ3v) is 5.29. The monoisotopic (exact) mass is 338 g/mol. The molecule has 128 valence electrons. The fourth-order valence-electron chi connectivity index (χ4n) is 4.14. The zero-order valence-corrected chi connectivity index (χ0v) is 13.6. The highest BCUT2D eigenvalue weighted by atomic mass is 16.7. The summed E-state index contributed by atoms with van der Waals surface area (Å²) in [5.74, 6) is -0.0635. The van der Waals surface area contributed by atoms with E-state index in [1.54, 1.807) is 12.2 Å². The van der Waals surface area contributed by atoms with E-state index >= 15 is 0 Å². The first kappa shape index (κ1) is 14.8. The van der Waals surface area contributed by atoms with E-state index in [9.17, 15) is 9.90 Å². The number of rotatable bonds is 1. The van der Waals surface area contributed by atoms with Gasteiger partial charge in [0.1, 0.15) is 17.6 Å². The van der Waals surface area contributed by atoms with E-state index in [-0.39, 0.29) is 18.0 Å². The van der Waals surface area contributed by atoms with Crippen LogP contribution in [0.5, 0.6) is 11.5 Å². The molecule has 1 N–H and O–H groups in total. The van der Waals surface area contributed by atoms with Crippen molar-refractivity contribution in [3.05, 3.63) is 48.6 Å². The first-order valence-electron chi connectivity index (χ1n) is 8.61. The summed E-state index contributed by atoms with van der Waals surface area (Å²) in [6, 6.07) is 11.8. The van der Waals surface area contributed by atoms with Crippen LogP contribution < -0.4 is 9.47 Å². The summed E-state index contributed by atoms with van der Waals surface area (Å²) in [7, 11) is 0. The number of ether oxygens (including phenoxy) is 3. The smallest absolute Gasteiger partial charge is 0.306 e. The Morgan fingerprint density at radius 2 is 1.80 bits per heavy atom. The fraction of sp³-hybridized carbons (Fsp3) is 0.350. The van der Waals surface area contributed by atoms with Crippen molar-refractivity contribution in [2.75, 3.05) is 0 Å². The van der Waals surface area contributed by atoms with Crippen LogP contribution in [0.25, 0.3) is 10.8 Å². The number of hydrogen-bond acceptors (Lipinski definition) is 5. The molecule has 0 bridgehead atoms. The highest BCUT2D eigenvalue weighted by molar-refractivity contribution is 5.94. The fourth-order valence-corrected chi connectivity index (χ4v) is 4.14. The Hall–Kier alpha value is -2.53. The molecule has 5 rings (SSSR count). The molecular formula is C20H18O5. The SMILES string of the molecule is O=C1CCC(C2CC(O)C=CC23Oc2cccc4cccc(c24)O3)O1. The lowest BCUT2D eigenvalue weighted by molar-refractivity contribution is -0.173. The van der Waals surface area contributed by atoms with Crippen LogP contribution in [0.2, 0.25) is 0 Å². The Morgan fingerprint density at radius 3 is 2.44 bits per heavy atom. The van der Waals surface area contributed by atoms with Gasteiger partial charge in [-0.15, -0.1) is 0 Å². The Labute approximate surface area is 144 Å². The van der Waals surface area contributed by atoms with Gasteiger partial charge in [0.25, 0.3) is 5.79 Å². The summed E-state index contributed by atoms with van der Waals surface area (Å²) in [6.07, 6.45) is 3.97. The van der Waals surface area contributed by atoms with Crippen LogP contribution in [0, 0.1) is 5.92 Å². The van der Waals surface area contributed by atoms with Crippen molar-refractivity contribution >= 4 is 16.7 Å². The number of hydrogen-bond donors (Lipinski definition) is 1. The second-order valence-corrected chi connectivity index (χ2v) is 6.87. The van der Waals surface area contributed by atoms with E-state index in [2.05, 4.69) is 0 Å². The van der Waals surface area contributed by atoms with Gasteiger partial charge in [0, 0.05) is 6.42 Å². The standard InChI is InChI=1S/C20H18O5/c21-13-9-10-20(14(11-13)15-7-8-18(22)23-15)24-16-5-1-3-12-4-2-6-17(25-20)19(12)16/h1-6,9-10,13-15,21H,7-8,11H2. The van der Waals surface area contributed by atoms with Crippen molar-refractivity contribution in [1.29, 1.82) is 0 Å². The van der Waals surface area contributed by atoms with Gasteiger partial charge in [-0.05, 0) is 36.4 Å². The molecule has 1 saturated heterocycles. The van der Waals surface area contributed by atoms with E-state index in [4.69, 9.17) is 14.2 Å². The molecule has 0 aromatic heterocycles. The van der Waals surface area contributed by atoms with Crippen LogP contribution >= 0.6 is 0 Å². The van der Waals surface area contributed by atoms with E-state index in [1.165, 1.54) is 0 Å². The van der Waals surface area contributed by atoms with Crippen molar-refractivity contribution in [1.82, 2.24) is 0 Å². The van der Waals surface area contributed by atoms with Crippen LogP contribution in [-0.4, -0.2) is 29.1 Å².